The summed E-state index contributed by atoms with van der Waals surface area (Å²) < 4.78 is 50.7. The lowest BCUT2D eigenvalue weighted by Crippen LogP contribution is -2.60. The van der Waals surface area contributed by atoms with Crippen LogP contribution in [0.5, 0.6) is 0 Å². The number of nitrogens with one attached hydrogen (secondary N) is 1. The molecular weight excluding hydrogens is 402 g/mol. The van der Waals surface area contributed by atoms with Crippen LogP contribution in [0, 0.1) is 5.82 Å². The van der Waals surface area contributed by atoms with Gasteiger partial charge in [-0.25, -0.2) is 14.4 Å². The number of nitrogen functional groups attached to an aromatic ring is 1. The van der Waals surface area contributed by atoms with E-state index >= 15 is 0 Å². The van der Waals surface area contributed by atoms with Gasteiger partial charge in [-0.15, -0.1) is 0 Å². The van der Waals surface area contributed by atoms with Crippen molar-refractivity contribution < 1.29 is 22.4 Å². The lowest BCUT2D eigenvalue weighted by atomic mass is 10.1. The van der Waals surface area contributed by atoms with Gasteiger partial charge in [-0.2, -0.15) is 13.2 Å². The molecule has 6 nitrogen and oxygen atoms in total. The summed E-state index contributed by atoms with van der Waals surface area (Å²) >= 11 is 0. The topological polar surface area (TPSA) is 84.1 Å². The fourth-order valence-electron chi connectivity index (χ4n) is 3.43. The smallest absolute Gasteiger partial charge is 0.382 e. The van der Waals surface area contributed by atoms with Crippen LogP contribution in [0.4, 0.5) is 23.4 Å². The SMILES string of the molecule is Nc1ncc(C(=O)NC2CN(CC(F)(F)F)C2)c2ccc(-c3cccc(F)c3)nc12. The minimum atomic E-state index is -4.27. The molecule has 0 atom stereocenters. The van der Waals surface area contributed by atoms with Gasteiger partial charge < -0.3 is 11.1 Å². The van der Waals surface area contributed by atoms with Crippen LogP contribution < -0.4 is 11.1 Å². The number of nitrogens with two attached hydrogens (primary N) is 1. The summed E-state index contributed by atoms with van der Waals surface area (Å²) in [4.78, 5) is 22.3. The molecule has 0 bridgehead atoms. The standard InChI is InChI=1S/C20H17F4N5O/c21-12-3-1-2-11(6-12)16-5-4-14-15(7-26-18(25)17(14)28-16)19(30)27-13-8-29(9-13)10-20(22,23)24/h1-7,13H,8-10H2,(H2,25,26)(H,27,30). The molecule has 3 N–H and O–H groups in total. The average Bonchev–Trinajstić information content (AvgIpc) is 2.65. The minimum Gasteiger partial charge on any atom is -0.382 e. The van der Waals surface area contributed by atoms with E-state index in [4.69, 9.17) is 5.73 Å². The van der Waals surface area contributed by atoms with E-state index in [1.807, 2.05) is 0 Å². The number of carbonyl (C=O) groups excluding carboxylic acids is 1. The predicted octanol–water partition coefficient (Wildman–Crippen LogP) is 2.99. The van der Waals surface area contributed by atoms with E-state index in [1.165, 1.54) is 23.2 Å². The summed E-state index contributed by atoms with van der Waals surface area (Å²) in [5.74, 6) is -0.766. The first-order valence-corrected chi connectivity index (χ1v) is 9.11. The zero-order valence-corrected chi connectivity index (χ0v) is 15.6. The lowest BCUT2D eigenvalue weighted by molar-refractivity contribution is -0.155. The lowest BCUT2D eigenvalue weighted by Gasteiger charge is -2.39. The number of aromatic nitrogens is 2. The molecule has 0 spiro atoms. The number of pyridine rings is 2. The molecule has 1 saturated heterocycles. The van der Waals surface area contributed by atoms with Crippen molar-refractivity contribution in [3.63, 3.8) is 0 Å². The van der Waals surface area contributed by atoms with Gasteiger partial charge in [-0.05, 0) is 24.3 Å². The summed E-state index contributed by atoms with van der Waals surface area (Å²) in [5.41, 5.74) is 7.44. The number of hydrogen-bond donors (Lipinski definition) is 2. The molecule has 30 heavy (non-hydrogen) atoms. The Balaban J connectivity index is 1.55. The highest BCUT2D eigenvalue weighted by Gasteiger charge is 2.37. The molecule has 1 aliphatic heterocycles. The van der Waals surface area contributed by atoms with E-state index in [0.717, 1.165) is 0 Å². The molecule has 1 aromatic carbocycles. The van der Waals surface area contributed by atoms with Gasteiger partial charge in [0.25, 0.3) is 5.91 Å². The summed E-state index contributed by atoms with van der Waals surface area (Å²) in [6.07, 6.45) is -2.96. The van der Waals surface area contributed by atoms with E-state index in [-0.39, 0.29) is 36.0 Å². The molecular formula is C20H17F4N5O. The van der Waals surface area contributed by atoms with E-state index in [2.05, 4.69) is 15.3 Å². The molecule has 4 rings (SSSR count). The monoisotopic (exact) mass is 419 g/mol. The number of benzene rings is 1. The largest absolute Gasteiger partial charge is 0.401 e. The van der Waals surface area contributed by atoms with Crippen LogP contribution in [0.25, 0.3) is 22.2 Å². The molecule has 1 aliphatic rings. The number of alkyl halides is 3. The highest BCUT2D eigenvalue weighted by Crippen LogP contribution is 2.26. The number of anilines is 1. The van der Waals surface area contributed by atoms with E-state index in [0.29, 0.717) is 16.6 Å². The maximum absolute atomic E-state index is 13.5. The van der Waals surface area contributed by atoms with Crippen molar-refractivity contribution in [3.05, 3.63) is 54.0 Å². The second-order valence-corrected chi connectivity index (χ2v) is 7.14. The molecule has 1 fully saturated rings. The Hall–Kier alpha value is -3.27. The van der Waals surface area contributed by atoms with Crippen LogP contribution in [-0.2, 0) is 0 Å². The van der Waals surface area contributed by atoms with Crippen molar-refractivity contribution in [1.29, 1.82) is 0 Å². The highest BCUT2D eigenvalue weighted by molar-refractivity contribution is 6.08. The summed E-state index contributed by atoms with van der Waals surface area (Å²) in [5, 5.41) is 3.16. The Labute approximate surface area is 168 Å². The van der Waals surface area contributed by atoms with Gasteiger partial charge in [0.2, 0.25) is 0 Å². The Bertz CT molecular complexity index is 1110. The van der Waals surface area contributed by atoms with E-state index in [1.54, 1.807) is 24.3 Å². The van der Waals surface area contributed by atoms with Crippen molar-refractivity contribution >= 4 is 22.6 Å². The zero-order valence-electron chi connectivity index (χ0n) is 15.6. The molecule has 0 saturated carbocycles. The van der Waals surface area contributed by atoms with Crippen molar-refractivity contribution in [2.45, 2.75) is 12.2 Å². The molecule has 156 valence electrons. The summed E-state index contributed by atoms with van der Waals surface area (Å²) in [6, 6.07) is 8.81. The van der Waals surface area contributed by atoms with E-state index < -0.39 is 24.4 Å². The van der Waals surface area contributed by atoms with Crippen LogP contribution in [0.2, 0.25) is 0 Å². The van der Waals surface area contributed by atoms with Gasteiger partial charge in [0.1, 0.15) is 17.2 Å². The van der Waals surface area contributed by atoms with Crippen LogP contribution in [0.3, 0.4) is 0 Å². The molecule has 1 amide bonds. The molecule has 2 aromatic heterocycles. The number of halogens is 4. The first-order chi connectivity index (χ1) is 14.2. The Kier molecular flexibility index (Phi) is 5.02. The number of fused-ring (bicyclic) bond motifs is 1. The van der Waals surface area contributed by atoms with Gasteiger partial charge in [-0.3, -0.25) is 9.69 Å². The maximum Gasteiger partial charge on any atom is 0.401 e. The molecule has 3 aromatic rings. The van der Waals surface area contributed by atoms with Gasteiger partial charge in [-0.1, -0.05) is 12.1 Å². The Morgan fingerprint density at radius 1 is 1.23 bits per heavy atom. The second-order valence-electron chi connectivity index (χ2n) is 7.14. The van der Waals surface area contributed by atoms with Gasteiger partial charge in [0.05, 0.1) is 23.8 Å². The number of likely N-dealkylation sites (tertiary alicyclic amines) is 1. The first-order valence-electron chi connectivity index (χ1n) is 9.11. The molecule has 0 unspecified atom stereocenters. The van der Waals surface area contributed by atoms with Gasteiger partial charge in [0, 0.05) is 30.2 Å². The third-order valence-electron chi connectivity index (χ3n) is 4.82. The number of hydrogen-bond acceptors (Lipinski definition) is 5. The van der Waals surface area contributed by atoms with Crippen LogP contribution >= 0.6 is 0 Å². The Morgan fingerprint density at radius 2 is 2.00 bits per heavy atom. The van der Waals surface area contributed by atoms with Crippen molar-refractivity contribution in [1.82, 2.24) is 20.2 Å². The zero-order chi connectivity index (χ0) is 21.5. The van der Waals surface area contributed by atoms with Crippen molar-refractivity contribution in [2.24, 2.45) is 0 Å². The molecule has 0 radical (unpaired) electrons. The van der Waals surface area contributed by atoms with Crippen molar-refractivity contribution in [3.8, 4) is 11.3 Å². The quantitative estimate of drug-likeness (QED) is 0.636. The maximum atomic E-state index is 13.5. The highest BCUT2D eigenvalue weighted by atomic mass is 19.4. The second kappa shape index (κ2) is 7.52. The average molecular weight is 419 g/mol. The molecule has 0 aliphatic carbocycles. The number of carbonyl (C=O) groups is 1. The fraction of sp³-hybridized carbons (Fsp3) is 0.250. The number of nitrogens with zero attached hydrogens (tertiary/aromatic N) is 3. The third kappa shape index (κ3) is 4.18. The Morgan fingerprint density at radius 3 is 2.70 bits per heavy atom. The number of amides is 1. The van der Waals surface area contributed by atoms with Gasteiger partial charge >= 0.3 is 6.18 Å². The fourth-order valence-corrected chi connectivity index (χ4v) is 3.43. The summed E-state index contributed by atoms with van der Waals surface area (Å²) in [6.45, 7) is -0.764. The first kappa shape index (κ1) is 20.0. The van der Waals surface area contributed by atoms with Crippen LogP contribution in [-0.4, -0.2) is 52.6 Å². The summed E-state index contributed by atoms with van der Waals surface area (Å²) in [7, 11) is 0. The number of rotatable bonds is 4. The normalized spacial score (nSPS) is 15.2. The van der Waals surface area contributed by atoms with E-state index in [9.17, 15) is 22.4 Å². The van der Waals surface area contributed by atoms with Gasteiger partial charge in [0.15, 0.2) is 0 Å². The van der Waals surface area contributed by atoms with Crippen LogP contribution in [0.1, 0.15) is 10.4 Å². The predicted molar refractivity (Wildman–Crippen MR) is 103 cm³/mol. The minimum absolute atomic E-state index is 0.111. The molecule has 3 heterocycles. The third-order valence-corrected chi connectivity index (χ3v) is 4.82. The van der Waals surface area contributed by atoms with Crippen LogP contribution in [0.15, 0.2) is 42.6 Å². The van der Waals surface area contributed by atoms with Crippen molar-refractivity contribution in [2.75, 3.05) is 25.4 Å². The molecule has 10 heteroatoms.